The van der Waals surface area contributed by atoms with Crippen LogP contribution in [-0.2, 0) is 10.0 Å². The second kappa shape index (κ2) is 5.16. The SMILES string of the molecule is COc1ccc(Br)cc1S(=O)(=O)NC1CC(N)C1. The fourth-order valence-electron chi connectivity index (χ4n) is 1.90. The molecule has 0 saturated heterocycles. The number of hydrogen-bond donors (Lipinski definition) is 2. The summed E-state index contributed by atoms with van der Waals surface area (Å²) < 4.78 is 32.8. The molecule has 0 aliphatic heterocycles. The average Bonchev–Trinajstić information content (AvgIpc) is 2.26. The Hall–Kier alpha value is -0.630. The molecule has 0 heterocycles. The Morgan fingerprint density at radius 2 is 2.11 bits per heavy atom. The molecule has 0 atom stereocenters. The summed E-state index contributed by atoms with van der Waals surface area (Å²) in [4.78, 5) is 0.139. The first kappa shape index (κ1) is 13.8. The van der Waals surface area contributed by atoms with Crippen molar-refractivity contribution in [1.29, 1.82) is 0 Å². The van der Waals surface area contributed by atoms with E-state index in [9.17, 15) is 8.42 Å². The van der Waals surface area contributed by atoms with Crippen molar-refractivity contribution in [1.82, 2.24) is 4.72 Å². The molecular formula is C11H15BrN2O3S. The summed E-state index contributed by atoms with van der Waals surface area (Å²) >= 11 is 3.26. The summed E-state index contributed by atoms with van der Waals surface area (Å²) in [6, 6.07) is 4.90. The molecule has 1 aliphatic carbocycles. The van der Waals surface area contributed by atoms with Crippen LogP contribution in [0.3, 0.4) is 0 Å². The van der Waals surface area contributed by atoms with Gasteiger partial charge in [-0.15, -0.1) is 0 Å². The van der Waals surface area contributed by atoms with Gasteiger partial charge >= 0.3 is 0 Å². The molecule has 1 saturated carbocycles. The van der Waals surface area contributed by atoms with Crippen LogP contribution in [-0.4, -0.2) is 27.6 Å². The molecule has 2 rings (SSSR count). The van der Waals surface area contributed by atoms with Gasteiger partial charge in [-0.25, -0.2) is 13.1 Å². The van der Waals surface area contributed by atoms with Gasteiger partial charge in [0, 0.05) is 16.6 Å². The van der Waals surface area contributed by atoms with E-state index >= 15 is 0 Å². The van der Waals surface area contributed by atoms with Gasteiger partial charge in [0.25, 0.3) is 0 Å². The summed E-state index contributed by atoms with van der Waals surface area (Å²) in [6.07, 6.45) is 1.35. The Bertz CT molecular complexity index is 541. The Labute approximate surface area is 115 Å². The molecule has 1 aliphatic rings. The number of benzene rings is 1. The molecular weight excluding hydrogens is 320 g/mol. The lowest BCUT2D eigenvalue weighted by Crippen LogP contribution is -2.50. The van der Waals surface area contributed by atoms with E-state index in [-0.39, 0.29) is 17.0 Å². The number of nitrogens with one attached hydrogen (secondary N) is 1. The lowest BCUT2D eigenvalue weighted by atomic mass is 9.89. The van der Waals surface area contributed by atoms with E-state index in [0.717, 1.165) is 0 Å². The number of ether oxygens (including phenoxy) is 1. The lowest BCUT2D eigenvalue weighted by molar-refractivity contribution is 0.326. The summed E-state index contributed by atoms with van der Waals surface area (Å²) in [6.45, 7) is 0. The topological polar surface area (TPSA) is 81.4 Å². The first-order chi connectivity index (χ1) is 8.42. The van der Waals surface area contributed by atoms with Crippen molar-refractivity contribution in [2.24, 2.45) is 5.73 Å². The Morgan fingerprint density at radius 3 is 2.67 bits per heavy atom. The van der Waals surface area contributed by atoms with Crippen molar-refractivity contribution in [3.8, 4) is 5.75 Å². The molecule has 0 bridgehead atoms. The molecule has 0 spiro atoms. The number of nitrogens with two attached hydrogens (primary N) is 1. The molecule has 100 valence electrons. The van der Waals surface area contributed by atoms with E-state index < -0.39 is 10.0 Å². The molecule has 5 nitrogen and oxygen atoms in total. The molecule has 1 aromatic rings. The van der Waals surface area contributed by atoms with Crippen LogP contribution < -0.4 is 15.2 Å². The lowest BCUT2D eigenvalue weighted by Gasteiger charge is -2.32. The smallest absolute Gasteiger partial charge is 0.244 e. The highest BCUT2D eigenvalue weighted by molar-refractivity contribution is 9.10. The molecule has 0 amide bonds. The monoisotopic (exact) mass is 334 g/mol. The fourth-order valence-corrected chi connectivity index (χ4v) is 3.87. The minimum Gasteiger partial charge on any atom is -0.495 e. The van der Waals surface area contributed by atoms with Gasteiger partial charge in [0.05, 0.1) is 7.11 Å². The Morgan fingerprint density at radius 1 is 1.44 bits per heavy atom. The number of rotatable bonds is 4. The Kier molecular flexibility index (Phi) is 3.96. The van der Waals surface area contributed by atoms with Crippen LogP contribution in [0.5, 0.6) is 5.75 Å². The van der Waals surface area contributed by atoms with Crippen LogP contribution in [0.15, 0.2) is 27.6 Å². The van der Waals surface area contributed by atoms with Gasteiger partial charge < -0.3 is 10.5 Å². The maximum atomic E-state index is 12.2. The second-order valence-electron chi connectivity index (χ2n) is 4.34. The van der Waals surface area contributed by atoms with Crippen LogP contribution in [0, 0.1) is 0 Å². The third kappa shape index (κ3) is 2.85. The first-order valence-electron chi connectivity index (χ1n) is 5.54. The highest BCUT2D eigenvalue weighted by Gasteiger charge is 2.31. The Balaban J connectivity index is 2.26. The zero-order chi connectivity index (χ0) is 13.3. The number of hydrogen-bond acceptors (Lipinski definition) is 4. The molecule has 1 fully saturated rings. The van der Waals surface area contributed by atoms with Gasteiger partial charge in [-0.2, -0.15) is 0 Å². The minimum atomic E-state index is -3.57. The third-order valence-corrected chi connectivity index (χ3v) is 4.95. The second-order valence-corrected chi connectivity index (χ2v) is 6.94. The van der Waals surface area contributed by atoms with E-state index in [2.05, 4.69) is 20.7 Å². The quantitative estimate of drug-likeness (QED) is 0.867. The zero-order valence-electron chi connectivity index (χ0n) is 9.89. The zero-order valence-corrected chi connectivity index (χ0v) is 12.3. The predicted molar refractivity (Wildman–Crippen MR) is 72.0 cm³/mol. The van der Waals surface area contributed by atoms with Gasteiger partial charge in [0.1, 0.15) is 10.6 Å². The summed E-state index contributed by atoms with van der Waals surface area (Å²) in [5, 5.41) is 0. The fraction of sp³-hybridized carbons (Fsp3) is 0.455. The van der Waals surface area contributed by atoms with E-state index in [1.54, 1.807) is 12.1 Å². The maximum absolute atomic E-state index is 12.2. The largest absolute Gasteiger partial charge is 0.495 e. The molecule has 1 aromatic carbocycles. The van der Waals surface area contributed by atoms with Crippen molar-refractivity contribution in [2.45, 2.75) is 29.8 Å². The van der Waals surface area contributed by atoms with Gasteiger partial charge in [-0.1, -0.05) is 15.9 Å². The first-order valence-corrected chi connectivity index (χ1v) is 7.81. The number of halogens is 1. The highest BCUT2D eigenvalue weighted by Crippen LogP contribution is 2.28. The predicted octanol–water partition coefficient (Wildman–Crippen LogP) is 1.23. The molecule has 0 radical (unpaired) electrons. The maximum Gasteiger partial charge on any atom is 0.244 e. The van der Waals surface area contributed by atoms with Crippen LogP contribution in [0.2, 0.25) is 0 Å². The minimum absolute atomic E-state index is 0.0753. The van der Waals surface area contributed by atoms with E-state index in [4.69, 9.17) is 10.5 Å². The van der Waals surface area contributed by atoms with Gasteiger partial charge in [0.2, 0.25) is 10.0 Å². The number of sulfonamides is 1. The standard InChI is InChI=1S/C11H15BrN2O3S/c1-17-10-3-2-7(12)4-11(10)18(15,16)14-9-5-8(13)6-9/h2-4,8-9,14H,5-6,13H2,1H3. The van der Waals surface area contributed by atoms with Crippen molar-refractivity contribution in [2.75, 3.05) is 7.11 Å². The molecule has 0 unspecified atom stereocenters. The van der Waals surface area contributed by atoms with Crippen molar-refractivity contribution >= 4 is 26.0 Å². The molecule has 7 heteroatoms. The molecule has 0 aromatic heterocycles. The highest BCUT2D eigenvalue weighted by atomic mass is 79.9. The summed E-state index contributed by atoms with van der Waals surface area (Å²) in [5.74, 6) is 0.328. The summed E-state index contributed by atoms with van der Waals surface area (Å²) in [5.41, 5.74) is 5.64. The van der Waals surface area contributed by atoms with Crippen molar-refractivity contribution < 1.29 is 13.2 Å². The van der Waals surface area contributed by atoms with E-state index in [1.165, 1.54) is 13.2 Å². The molecule has 18 heavy (non-hydrogen) atoms. The van der Waals surface area contributed by atoms with Gasteiger partial charge in [0.15, 0.2) is 0 Å². The van der Waals surface area contributed by atoms with E-state index in [1.807, 2.05) is 0 Å². The van der Waals surface area contributed by atoms with Crippen LogP contribution in [0.4, 0.5) is 0 Å². The van der Waals surface area contributed by atoms with Crippen LogP contribution in [0.25, 0.3) is 0 Å². The average molecular weight is 335 g/mol. The van der Waals surface area contributed by atoms with Crippen molar-refractivity contribution in [3.05, 3.63) is 22.7 Å². The van der Waals surface area contributed by atoms with Crippen molar-refractivity contribution in [3.63, 3.8) is 0 Å². The van der Waals surface area contributed by atoms with Crippen LogP contribution in [0.1, 0.15) is 12.8 Å². The van der Waals surface area contributed by atoms with E-state index in [0.29, 0.717) is 23.1 Å². The van der Waals surface area contributed by atoms with Gasteiger partial charge in [-0.05, 0) is 31.0 Å². The summed E-state index contributed by atoms with van der Waals surface area (Å²) in [7, 11) is -2.12. The third-order valence-electron chi connectivity index (χ3n) is 2.91. The van der Waals surface area contributed by atoms with Crippen LogP contribution >= 0.6 is 15.9 Å². The van der Waals surface area contributed by atoms with Gasteiger partial charge in [-0.3, -0.25) is 0 Å². The molecule has 3 N–H and O–H groups in total. The normalized spacial score (nSPS) is 23.5. The number of methoxy groups -OCH3 is 1.